The number of pyridine rings is 1. The molecular weight excluding hydrogens is 254 g/mol. The molecule has 6 heteroatoms. The summed E-state index contributed by atoms with van der Waals surface area (Å²) in [5.41, 5.74) is -0.126. The first-order chi connectivity index (χ1) is 8.11. The molecule has 0 unspecified atom stereocenters. The molecule has 0 bridgehead atoms. The van der Waals surface area contributed by atoms with Crippen LogP contribution in [0, 0.1) is 0 Å². The molecule has 1 aromatic heterocycles. The zero-order chi connectivity index (χ0) is 12.3. The molecule has 2 rings (SSSR count). The van der Waals surface area contributed by atoms with Gasteiger partial charge in [-0.15, -0.1) is 12.4 Å². The van der Waals surface area contributed by atoms with Crippen LogP contribution in [0.3, 0.4) is 0 Å². The Morgan fingerprint density at radius 1 is 1.50 bits per heavy atom. The summed E-state index contributed by atoms with van der Waals surface area (Å²) in [5, 5.41) is 15.8. The fourth-order valence-corrected chi connectivity index (χ4v) is 2.01. The van der Waals surface area contributed by atoms with E-state index in [2.05, 4.69) is 15.6 Å². The minimum Gasteiger partial charge on any atom is -0.505 e. The second kappa shape index (κ2) is 6.02. The fourth-order valence-electron chi connectivity index (χ4n) is 2.01. The van der Waals surface area contributed by atoms with Crippen LogP contribution < -0.4 is 10.6 Å². The summed E-state index contributed by atoms with van der Waals surface area (Å²) in [6, 6.07) is 3.06. The van der Waals surface area contributed by atoms with E-state index in [1.807, 2.05) is 6.92 Å². The van der Waals surface area contributed by atoms with Crippen molar-refractivity contribution in [2.75, 3.05) is 13.1 Å². The average Bonchev–Trinajstić information content (AvgIpc) is 2.29. The molecule has 1 aliphatic rings. The number of nitrogens with one attached hydrogen (secondary N) is 2. The molecule has 2 heterocycles. The van der Waals surface area contributed by atoms with Crippen molar-refractivity contribution < 1.29 is 9.90 Å². The van der Waals surface area contributed by atoms with Gasteiger partial charge in [-0.2, -0.15) is 0 Å². The van der Waals surface area contributed by atoms with Crippen LogP contribution in [0.15, 0.2) is 18.3 Å². The minimum atomic E-state index is -0.312. The molecule has 5 nitrogen and oxygen atoms in total. The number of amides is 1. The Hall–Kier alpha value is -1.33. The van der Waals surface area contributed by atoms with Crippen LogP contribution in [0.4, 0.5) is 0 Å². The van der Waals surface area contributed by atoms with E-state index in [0.717, 1.165) is 25.9 Å². The first-order valence-electron chi connectivity index (χ1n) is 5.78. The molecule has 0 atom stereocenters. The Bertz CT molecular complexity index is 420. The van der Waals surface area contributed by atoms with Crippen molar-refractivity contribution >= 4 is 18.3 Å². The lowest BCUT2D eigenvalue weighted by Crippen LogP contribution is -2.52. The molecule has 1 fully saturated rings. The molecule has 1 saturated heterocycles. The summed E-state index contributed by atoms with van der Waals surface area (Å²) in [7, 11) is 0. The minimum absolute atomic E-state index is 0. The normalized spacial score (nSPS) is 17.6. The van der Waals surface area contributed by atoms with E-state index >= 15 is 0 Å². The number of carbonyl (C=O) groups is 1. The van der Waals surface area contributed by atoms with Gasteiger partial charge in [-0.25, -0.2) is 4.98 Å². The number of rotatable bonds is 2. The number of hydrogen-bond acceptors (Lipinski definition) is 4. The lowest BCUT2D eigenvalue weighted by Gasteiger charge is -2.34. The predicted molar refractivity (Wildman–Crippen MR) is 71.1 cm³/mol. The van der Waals surface area contributed by atoms with Crippen molar-refractivity contribution in [2.45, 2.75) is 25.3 Å². The van der Waals surface area contributed by atoms with Crippen LogP contribution in [-0.2, 0) is 0 Å². The molecule has 1 aliphatic heterocycles. The lowest BCUT2D eigenvalue weighted by atomic mass is 9.90. The molecule has 18 heavy (non-hydrogen) atoms. The third-order valence-electron chi connectivity index (χ3n) is 3.12. The van der Waals surface area contributed by atoms with E-state index in [4.69, 9.17) is 0 Å². The fraction of sp³-hybridized carbons (Fsp3) is 0.500. The van der Waals surface area contributed by atoms with Gasteiger partial charge < -0.3 is 15.7 Å². The molecule has 0 spiro atoms. The van der Waals surface area contributed by atoms with Crippen molar-refractivity contribution in [3.8, 4) is 5.75 Å². The quantitative estimate of drug-likeness (QED) is 0.753. The second-order valence-corrected chi connectivity index (χ2v) is 4.64. The SMILES string of the molecule is CC1(NC(=O)c2ncccc2O)CCNCC1.Cl. The van der Waals surface area contributed by atoms with Crippen molar-refractivity contribution in [3.63, 3.8) is 0 Å². The standard InChI is InChI=1S/C12H17N3O2.ClH/c1-12(4-7-13-8-5-12)15-11(17)10-9(16)3-2-6-14-10;/h2-3,6,13,16H,4-5,7-8H2,1H3,(H,15,17);1H. The topological polar surface area (TPSA) is 74.2 Å². The summed E-state index contributed by atoms with van der Waals surface area (Å²) in [6.45, 7) is 3.81. The zero-order valence-corrected chi connectivity index (χ0v) is 11.1. The second-order valence-electron chi connectivity index (χ2n) is 4.64. The highest BCUT2D eigenvalue weighted by Crippen LogP contribution is 2.19. The van der Waals surface area contributed by atoms with Crippen molar-refractivity contribution in [2.24, 2.45) is 0 Å². The highest BCUT2D eigenvalue weighted by Gasteiger charge is 2.29. The van der Waals surface area contributed by atoms with E-state index in [1.165, 1.54) is 12.3 Å². The molecular formula is C12H18ClN3O2. The van der Waals surface area contributed by atoms with Crippen LogP contribution in [0.5, 0.6) is 5.75 Å². The molecule has 0 radical (unpaired) electrons. The summed E-state index contributed by atoms with van der Waals surface area (Å²) in [4.78, 5) is 15.9. The van der Waals surface area contributed by atoms with Crippen molar-refractivity contribution in [3.05, 3.63) is 24.0 Å². The Morgan fingerprint density at radius 3 is 2.78 bits per heavy atom. The van der Waals surface area contributed by atoms with Gasteiger partial charge in [0.25, 0.3) is 5.91 Å². The Balaban J connectivity index is 0.00000162. The van der Waals surface area contributed by atoms with Gasteiger partial charge in [-0.05, 0) is 45.0 Å². The lowest BCUT2D eigenvalue weighted by molar-refractivity contribution is 0.0879. The van der Waals surface area contributed by atoms with Gasteiger partial charge in [0.05, 0.1) is 0 Å². The molecule has 1 aromatic rings. The maximum Gasteiger partial charge on any atom is 0.274 e. The van der Waals surface area contributed by atoms with Gasteiger partial charge in [-0.3, -0.25) is 4.79 Å². The Morgan fingerprint density at radius 2 is 2.17 bits per heavy atom. The zero-order valence-electron chi connectivity index (χ0n) is 10.3. The first-order valence-corrected chi connectivity index (χ1v) is 5.78. The van der Waals surface area contributed by atoms with E-state index in [0.29, 0.717) is 0 Å². The number of hydrogen-bond donors (Lipinski definition) is 3. The maximum absolute atomic E-state index is 12.0. The Kier molecular flexibility index (Phi) is 4.93. The third-order valence-corrected chi connectivity index (χ3v) is 3.12. The average molecular weight is 272 g/mol. The molecule has 0 aromatic carbocycles. The van der Waals surface area contributed by atoms with Gasteiger partial charge in [0.1, 0.15) is 5.75 Å². The molecule has 0 aliphatic carbocycles. The van der Waals surface area contributed by atoms with Gasteiger partial charge in [0, 0.05) is 11.7 Å². The predicted octanol–water partition coefficient (Wildman–Crippen LogP) is 1.08. The third kappa shape index (κ3) is 3.34. The molecule has 0 saturated carbocycles. The number of nitrogens with zero attached hydrogens (tertiary/aromatic N) is 1. The number of halogens is 1. The molecule has 100 valence electrons. The van der Waals surface area contributed by atoms with Gasteiger partial charge in [0.15, 0.2) is 5.69 Å². The van der Waals surface area contributed by atoms with Gasteiger partial charge in [0.2, 0.25) is 0 Å². The first kappa shape index (κ1) is 14.7. The van der Waals surface area contributed by atoms with Crippen molar-refractivity contribution in [1.82, 2.24) is 15.6 Å². The van der Waals surface area contributed by atoms with E-state index in [1.54, 1.807) is 6.07 Å². The molecule has 1 amide bonds. The largest absolute Gasteiger partial charge is 0.505 e. The number of aromatic nitrogens is 1. The summed E-state index contributed by atoms with van der Waals surface area (Å²) in [5.74, 6) is -0.393. The summed E-state index contributed by atoms with van der Waals surface area (Å²) >= 11 is 0. The highest BCUT2D eigenvalue weighted by atomic mass is 35.5. The summed E-state index contributed by atoms with van der Waals surface area (Å²) < 4.78 is 0. The van der Waals surface area contributed by atoms with Crippen LogP contribution in [0.1, 0.15) is 30.3 Å². The van der Waals surface area contributed by atoms with Crippen LogP contribution in [0.2, 0.25) is 0 Å². The van der Waals surface area contributed by atoms with Gasteiger partial charge in [-0.1, -0.05) is 0 Å². The monoisotopic (exact) mass is 271 g/mol. The van der Waals surface area contributed by atoms with Gasteiger partial charge >= 0.3 is 0 Å². The number of piperidine rings is 1. The smallest absolute Gasteiger partial charge is 0.274 e. The van der Waals surface area contributed by atoms with Crippen LogP contribution in [-0.4, -0.2) is 34.6 Å². The van der Waals surface area contributed by atoms with E-state index < -0.39 is 0 Å². The number of carbonyl (C=O) groups excluding carboxylic acids is 1. The van der Waals surface area contributed by atoms with Crippen LogP contribution >= 0.6 is 12.4 Å². The summed E-state index contributed by atoms with van der Waals surface area (Å²) in [6.07, 6.45) is 3.26. The van der Waals surface area contributed by atoms with Crippen LogP contribution in [0.25, 0.3) is 0 Å². The number of aromatic hydroxyl groups is 1. The van der Waals surface area contributed by atoms with E-state index in [9.17, 15) is 9.90 Å². The highest BCUT2D eigenvalue weighted by molar-refractivity contribution is 5.95. The molecule has 3 N–H and O–H groups in total. The Labute approximate surface area is 112 Å². The maximum atomic E-state index is 12.0. The van der Waals surface area contributed by atoms with E-state index in [-0.39, 0.29) is 35.3 Å². The van der Waals surface area contributed by atoms with Crippen molar-refractivity contribution in [1.29, 1.82) is 0 Å².